The van der Waals surface area contributed by atoms with E-state index in [2.05, 4.69) is 32.1 Å². The van der Waals surface area contributed by atoms with Crippen molar-refractivity contribution in [3.05, 3.63) is 47.6 Å². The van der Waals surface area contributed by atoms with Gasteiger partial charge in [0.1, 0.15) is 0 Å². The molecule has 25 heavy (non-hydrogen) atoms. The van der Waals surface area contributed by atoms with Crippen LogP contribution < -0.4 is 0 Å². The predicted octanol–water partition coefficient (Wildman–Crippen LogP) is 2.97. The normalized spacial score (nSPS) is 22.5. The maximum Gasteiger partial charge on any atom is 0.240 e. The summed E-state index contributed by atoms with van der Waals surface area (Å²) in [6, 6.07) is 10.3. The molecule has 1 aromatic heterocycles. The van der Waals surface area contributed by atoms with Crippen molar-refractivity contribution in [3.63, 3.8) is 0 Å². The first kappa shape index (κ1) is 16.7. The third kappa shape index (κ3) is 4.67. The standard InChI is InChI=1S/C20H28N4O/c1-3-7-17(8-4-1)13-19-21-20(25-22-19)16-24-12-9-18(15-24)14-23-10-5-2-6-11-23/h1,3-4,7-8,18H,2,5-6,9-16H2/t18-/m1/s1. The lowest BCUT2D eigenvalue weighted by atomic mass is 10.1. The second kappa shape index (κ2) is 8.11. The zero-order valence-electron chi connectivity index (χ0n) is 14.9. The monoisotopic (exact) mass is 340 g/mol. The Morgan fingerprint density at radius 1 is 1.00 bits per heavy atom. The highest BCUT2D eigenvalue weighted by Gasteiger charge is 2.26. The number of benzene rings is 1. The summed E-state index contributed by atoms with van der Waals surface area (Å²) in [6.45, 7) is 6.95. The molecule has 3 heterocycles. The number of aromatic nitrogens is 2. The van der Waals surface area contributed by atoms with Gasteiger partial charge < -0.3 is 9.42 Å². The van der Waals surface area contributed by atoms with E-state index in [9.17, 15) is 0 Å². The van der Waals surface area contributed by atoms with Crippen molar-refractivity contribution in [3.8, 4) is 0 Å². The first-order chi connectivity index (χ1) is 12.3. The first-order valence-electron chi connectivity index (χ1n) is 9.65. The maximum absolute atomic E-state index is 5.47. The minimum atomic E-state index is 0.738. The zero-order valence-corrected chi connectivity index (χ0v) is 14.9. The van der Waals surface area contributed by atoms with Crippen LogP contribution in [0.5, 0.6) is 0 Å². The number of nitrogens with zero attached hydrogens (tertiary/aromatic N) is 4. The first-order valence-corrected chi connectivity index (χ1v) is 9.65. The molecule has 2 aromatic rings. The fourth-order valence-corrected chi connectivity index (χ4v) is 4.11. The van der Waals surface area contributed by atoms with E-state index < -0.39 is 0 Å². The van der Waals surface area contributed by atoms with Crippen LogP contribution in [-0.4, -0.2) is 52.7 Å². The minimum absolute atomic E-state index is 0.738. The van der Waals surface area contributed by atoms with E-state index in [1.807, 2.05) is 18.2 Å². The molecule has 0 spiro atoms. The summed E-state index contributed by atoms with van der Waals surface area (Å²) in [6.07, 6.45) is 6.20. The number of likely N-dealkylation sites (tertiary alicyclic amines) is 2. The Kier molecular flexibility index (Phi) is 5.43. The molecule has 0 N–H and O–H groups in total. The summed E-state index contributed by atoms with van der Waals surface area (Å²) >= 11 is 0. The Labute approximate surface area is 150 Å². The van der Waals surface area contributed by atoms with Gasteiger partial charge in [-0.2, -0.15) is 4.98 Å². The molecule has 2 saturated heterocycles. The lowest BCUT2D eigenvalue weighted by Crippen LogP contribution is -2.35. The molecule has 2 aliphatic rings. The van der Waals surface area contributed by atoms with Crippen molar-refractivity contribution < 1.29 is 4.52 Å². The van der Waals surface area contributed by atoms with Gasteiger partial charge in [-0.1, -0.05) is 41.9 Å². The molecular weight excluding hydrogens is 312 g/mol. The highest BCUT2D eigenvalue weighted by molar-refractivity contribution is 5.18. The van der Waals surface area contributed by atoms with E-state index in [0.29, 0.717) is 0 Å². The Bertz CT molecular complexity index is 651. The van der Waals surface area contributed by atoms with E-state index in [1.54, 1.807) is 0 Å². The van der Waals surface area contributed by atoms with Crippen LogP contribution in [0.2, 0.25) is 0 Å². The van der Waals surface area contributed by atoms with Gasteiger partial charge >= 0.3 is 0 Å². The largest absolute Gasteiger partial charge is 0.338 e. The summed E-state index contributed by atoms with van der Waals surface area (Å²) < 4.78 is 5.47. The average molecular weight is 340 g/mol. The number of piperidine rings is 1. The molecule has 1 aromatic carbocycles. The average Bonchev–Trinajstić information content (AvgIpc) is 3.27. The SMILES string of the molecule is c1ccc(Cc2noc(CN3CC[C@H](CN4CCCCC4)C3)n2)cc1. The lowest BCUT2D eigenvalue weighted by molar-refractivity contribution is 0.190. The lowest BCUT2D eigenvalue weighted by Gasteiger charge is -2.28. The summed E-state index contributed by atoms with van der Waals surface area (Å²) in [5, 5.41) is 4.15. The molecular formula is C20H28N4O. The van der Waals surface area contributed by atoms with E-state index in [1.165, 1.54) is 50.9 Å². The molecule has 4 rings (SSSR count). The quantitative estimate of drug-likeness (QED) is 0.809. The van der Waals surface area contributed by atoms with Crippen molar-refractivity contribution in [2.45, 2.75) is 38.6 Å². The summed E-state index contributed by atoms with van der Waals surface area (Å²) in [5.74, 6) is 2.33. The Balaban J connectivity index is 1.25. The molecule has 0 bridgehead atoms. The molecule has 0 radical (unpaired) electrons. The third-order valence-electron chi connectivity index (χ3n) is 5.41. The van der Waals surface area contributed by atoms with Gasteiger partial charge in [0.25, 0.3) is 0 Å². The van der Waals surface area contributed by atoms with Crippen molar-refractivity contribution in [1.82, 2.24) is 19.9 Å². The highest BCUT2D eigenvalue weighted by atomic mass is 16.5. The van der Waals surface area contributed by atoms with E-state index >= 15 is 0 Å². The smallest absolute Gasteiger partial charge is 0.240 e. The Hall–Kier alpha value is -1.72. The van der Waals surface area contributed by atoms with E-state index in [0.717, 1.165) is 43.7 Å². The van der Waals surface area contributed by atoms with Gasteiger partial charge in [0.15, 0.2) is 5.82 Å². The van der Waals surface area contributed by atoms with Crippen LogP contribution in [0.3, 0.4) is 0 Å². The summed E-state index contributed by atoms with van der Waals surface area (Å²) in [5.41, 5.74) is 1.22. The third-order valence-corrected chi connectivity index (χ3v) is 5.41. The van der Waals surface area contributed by atoms with Gasteiger partial charge in [-0.15, -0.1) is 0 Å². The van der Waals surface area contributed by atoms with Gasteiger partial charge in [0.2, 0.25) is 5.89 Å². The number of hydrogen-bond donors (Lipinski definition) is 0. The fraction of sp³-hybridized carbons (Fsp3) is 0.600. The second-order valence-electron chi connectivity index (χ2n) is 7.52. The van der Waals surface area contributed by atoms with Gasteiger partial charge in [0.05, 0.1) is 6.54 Å². The summed E-state index contributed by atoms with van der Waals surface area (Å²) in [7, 11) is 0. The predicted molar refractivity (Wildman–Crippen MR) is 97.2 cm³/mol. The molecule has 2 aliphatic heterocycles. The minimum Gasteiger partial charge on any atom is -0.338 e. The Morgan fingerprint density at radius 3 is 2.68 bits per heavy atom. The molecule has 134 valence electrons. The molecule has 5 heteroatoms. The molecule has 0 aliphatic carbocycles. The van der Waals surface area contributed by atoms with Crippen LogP contribution in [-0.2, 0) is 13.0 Å². The fourth-order valence-electron chi connectivity index (χ4n) is 4.11. The molecule has 5 nitrogen and oxygen atoms in total. The van der Waals surface area contributed by atoms with Crippen LogP contribution in [0.1, 0.15) is 43.0 Å². The molecule has 0 amide bonds. The van der Waals surface area contributed by atoms with Crippen molar-refractivity contribution in [2.75, 3.05) is 32.7 Å². The van der Waals surface area contributed by atoms with Crippen LogP contribution in [0.15, 0.2) is 34.9 Å². The zero-order chi connectivity index (χ0) is 16.9. The Morgan fingerprint density at radius 2 is 1.84 bits per heavy atom. The van der Waals surface area contributed by atoms with Crippen molar-refractivity contribution in [1.29, 1.82) is 0 Å². The van der Waals surface area contributed by atoms with E-state index in [4.69, 9.17) is 4.52 Å². The van der Waals surface area contributed by atoms with Gasteiger partial charge in [-0.3, -0.25) is 4.90 Å². The molecule has 1 atom stereocenters. The summed E-state index contributed by atoms with van der Waals surface area (Å²) in [4.78, 5) is 9.70. The number of hydrogen-bond acceptors (Lipinski definition) is 5. The van der Waals surface area contributed by atoms with Crippen LogP contribution in [0, 0.1) is 5.92 Å². The van der Waals surface area contributed by atoms with Gasteiger partial charge in [-0.25, -0.2) is 0 Å². The second-order valence-corrected chi connectivity index (χ2v) is 7.52. The highest BCUT2D eigenvalue weighted by Crippen LogP contribution is 2.21. The van der Waals surface area contributed by atoms with Crippen molar-refractivity contribution >= 4 is 0 Å². The molecule has 0 saturated carbocycles. The molecule has 2 fully saturated rings. The van der Waals surface area contributed by atoms with Gasteiger partial charge in [0, 0.05) is 19.5 Å². The molecule has 0 unspecified atom stereocenters. The number of rotatable bonds is 6. The van der Waals surface area contributed by atoms with Crippen molar-refractivity contribution in [2.24, 2.45) is 5.92 Å². The van der Waals surface area contributed by atoms with Crippen LogP contribution >= 0.6 is 0 Å². The van der Waals surface area contributed by atoms with E-state index in [-0.39, 0.29) is 0 Å². The van der Waals surface area contributed by atoms with Gasteiger partial charge in [-0.05, 0) is 50.4 Å². The maximum atomic E-state index is 5.47. The topological polar surface area (TPSA) is 45.4 Å². The van der Waals surface area contributed by atoms with Crippen LogP contribution in [0.4, 0.5) is 0 Å². The van der Waals surface area contributed by atoms with Crippen LogP contribution in [0.25, 0.3) is 0 Å².